The molecular weight excluding hydrogens is 542 g/mol. The third-order valence-electron chi connectivity index (χ3n) is 5.63. The summed E-state index contributed by atoms with van der Waals surface area (Å²) >= 11 is 0. The second-order valence-electron chi connectivity index (χ2n) is 10.2. The van der Waals surface area contributed by atoms with Crippen molar-refractivity contribution < 1.29 is 38.1 Å². The number of hydrogen-bond donors (Lipinski definition) is 2. The van der Waals surface area contributed by atoms with E-state index >= 15 is 0 Å². The molecule has 2 rings (SSSR count). The van der Waals surface area contributed by atoms with Crippen molar-refractivity contribution in [2.75, 3.05) is 31.4 Å². The molecule has 2 N–H and O–H groups in total. The summed E-state index contributed by atoms with van der Waals surface area (Å²) in [7, 11) is 2.74. The SMILES string of the molecule is C=CCN(C(=O)OC(C)(C)C)[C@@H](CC(=O)OC)C(=O)Nc1cc(NC(C)=O)ccc1OCc1cc(C=C)cc(OC)c1. The number of nitrogens with zero attached hydrogens (tertiary/aromatic N) is 1. The number of rotatable bonds is 13. The number of hydrogen-bond acceptors (Lipinski definition) is 8. The lowest BCUT2D eigenvalue weighted by molar-refractivity contribution is -0.143. The fraction of sp³-hybridized carbons (Fsp3) is 0.355. The number of carbonyl (C=O) groups is 4. The van der Waals surface area contributed by atoms with Gasteiger partial charge in [0.05, 0.1) is 26.3 Å². The van der Waals surface area contributed by atoms with Crippen LogP contribution in [0.5, 0.6) is 11.5 Å². The molecule has 0 aliphatic carbocycles. The Balaban J connectivity index is 2.47. The van der Waals surface area contributed by atoms with Crippen molar-refractivity contribution in [3.63, 3.8) is 0 Å². The number of esters is 1. The van der Waals surface area contributed by atoms with E-state index in [1.54, 1.807) is 52.2 Å². The zero-order chi connectivity index (χ0) is 31.4. The van der Waals surface area contributed by atoms with E-state index in [9.17, 15) is 19.2 Å². The zero-order valence-electron chi connectivity index (χ0n) is 24.9. The Hall–Kier alpha value is -4.80. The van der Waals surface area contributed by atoms with Crippen LogP contribution in [0.2, 0.25) is 0 Å². The van der Waals surface area contributed by atoms with Crippen LogP contribution in [0.15, 0.2) is 55.6 Å². The van der Waals surface area contributed by atoms with Crippen molar-refractivity contribution in [1.82, 2.24) is 4.90 Å². The molecule has 3 amide bonds. The molecule has 11 heteroatoms. The predicted octanol–water partition coefficient (Wildman–Crippen LogP) is 5.17. The first-order valence-electron chi connectivity index (χ1n) is 13.1. The molecule has 0 bridgehead atoms. The van der Waals surface area contributed by atoms with Crippen molar-refractivity contribution in [3.8, 4) is 11.5 Å². The first kappa shape index (κ1) is 33.4. The maximum atomic E-state index is 13.7. The molecule has 0 aliphatic rings. The second kappa shape index (κ2) is 15.3. The van der Waals surface area contributed by atoms with Crippen LogP contribution in [-0.2, 0) is 30.5 Å². The smallest absolute Gasteiger partial charge is 0.411 e. The minimum absolute atomic E-state index is 0.0826. The first-order chi connectivity index (χ1) is 19.8. The van der Waals surface area contributed by atoms with E-state index in [4.69, 9.17) is 18.9 Å². The van der Waals surface area contributed by atoms with E-state index in [1.165, 1.54) is 26.2 Å². The number of ether oxygens (including phenoxy) is 4. The van der Waals surface area contributed by atoms with Crippen LogP contribution in [0.25, 0.3) is 6.08 Å². The van der Waals surface area contributed by atoms with E-state index < -0.39 is 36.0 Å². The highest BCUT2D eigenvalue weighted by Crippen LogP contribution is 2.30. The van der Waals surface area contributed by atoms with Gasteiger partial charge in [0.15, 0.2) is 0 Å². The molecule has 42 heavy (non-hydrogen) atoms. The quantitative estimate of drug-likeness (QED) is 0.245. The number of methoxy groups -OCH3 is 2. The summed E-state index contributed by atoms with van der Waals surface area (Å²) in [6.07, 6.45) is 1.83. The molecule has 0 saturated carbocycles. The van der Waals surface area contributed by atoms with Crippen molar-refractivity contribution in [2.24, 2.45) is 0 Å². The molecule has 11 nitrogen and oxygen atoms in total. The molecule has 2 aromatic carbocycles. The van der Waals surface area contributed by atoms with Gasteiger partial charge in [-0.15, -0.1) is 6.58 Å². The third-order valence-corrected chi connectivity index (χ3v) is 5.63. The fourth-order valence-electron chi connectivity index (χ4n) is 3.79. The van der Waals surface area contributed by atoms with Gasteiger partial charge in [0, 0.05) is 19.2 Å². The maximum absolute atomic E-state index is 13.7. The molecule has 0 saturated heterocycles. The lowest BCUT2D eigenvalue weighted by Crippen LogP contribution is -2.50. The molecule has 0 heterocycles. The van der Waals surface area contributed by atoms with Crippen LogP contribution in [0.4, 0.5) is 16.2 Å². The number of benzene rings is 2. The van der Waals surface area contributed by atoms with Crippen LogP contribution in [-0.4, -0.2) is 61.2 Å². The average molecular weight is 582 g/mol. The van der Waals surface area contributed by atoms with E-state index in [0.29, 0.717) is 11.4 Å². The Morgan fingerprint density at radius 2 is 1.74 bits per heavy atom. The van der Waals surface area contributed by atoms with Gasteiger partial charge in [0.1, 0.15) is 29.7 Å². The van der Waals surface area contributed by atoms with Crippen LogP contribution >= 0.6 is 0 Å². The van der Waals surface area contributed by atoms with Gasteiger partial charge in [-0.1, -0.05) is 18.7 Å². The zero-order valence-corrected chi connectivity index (χ0v) is 24.9. The molecule has 0 unspecified atom stereocenters. The number of amides is 3. The molecule has 0 aromatic heterocycles. The largest absolute Gasteiger partial charge is 0.497 e. The summed E-state index contributed by atoms with van der Waals surface area (Å²) in [5.41, 5.74) is 1.33. The van der Waals surface area contributed by atoms with E-state index in [0.717, 1.165) is 16.0 Å². The Bertz CT molecular complexity index is 1320. The normalized spacial score (nSPS) is 11.4. The maximum Gasteiger partial charge on any atom is 0.411 e. The standard InChI is InChI=1S/C31H39N3O8/c1-9-13-34(30(38)42-31(4,5)6)26(18-28(36)40-8)29(37)33-25-17-23(32-20(3)35)11-12-27(25)41-19-22-14-21(10-2)15-24(16-22)39-7/h9-12,14-17,26H,1-2,13,18-19H2,3-8H3,(H,32,35)(H,33,37)/t26-/m0/s1. The number of nitrogens with one attached hydrogen (secondary N) is 2. The highest BCUT2D eigenvalue weighted by molar-refractivity contribution is 6.00. The Morgan fingerprint density at radius 1 is 1.02 bits per heavy atom. The summed E-state index contributed by atoms with van der Waals surface area (Å²) < 4.78 is 21.7. The fourth-order valence-corrected chi connectivity index (χ4v) is 3.79. The Morgan fingerprint density at radius 3 is 2.31 bits per heavy atom. The van der Waals surface area contributed by atoms with Crippen molar-refractivity contribution >= 4 is 41.3 Å². The summed E-state index contributed by atoms with van der Waals surface area (Å²) in [5.74, 6) is -0.860. The summed E-state index contributed by atoms with van der Waals surface area (Å²) in [6, 6.07) is 8.89. The van der Waals surface area contributed by atoms with Crippen LogP contribution < -0.4 is 20.1 Å². The van der Waals surface area contributed by atoms with Gasteiger partial charge in [-0.25, -0.2) is 4.79 Å². The molecular formula is C31H39N3O8. The van der Waals surface area contributed by atoms with Gasteiger partial charge < -0.3 is 29.6 Å². The second-order valence-corrected chi connectivity index (χ2v) is 10.2. The van der Waals surface area contributed by atoms with Gasteiger partial charge in [0.2, 0.25) is 11.8 Å². The molecule has 0 aliphatic heterocycles. The molecule has 0 radical (unpaired) electrons. The van der Waals surface area contributed by atoms with Crippen LogP contribution in [0.1, 0.15) is 45.2 Å². The number of carbonyl (C=O) groups excluding carboxylic acids is 4. The minimum atomic E-state index is -1.32. The van der Waals surface area contributed by atoms with Crippen LogP contribution in [0.3, 0.4) is 0 Å². The highest BCUT2D eigenvalue weighted by Gasteiger charge is 2.35. The average Bonchev–Trinajstić information content (AvgIpc) is 2.92. The van der Waals surface area contributed by atoms with Gasteiger partial charge in [-0.05, 0) is 68.3 Å². The van der Waals surface area contributed by atoms with Gasteiger partial charge in [0.25, 0.3) is 0 Å². The molecule has 0 fully saturated rings. The number of anilines is 2. The Kier molecular flexibility index (Phi) is 12.1. The van der Waals surface area contributed by atoms with E-state index in [1.807, 2.05) is 12.1 Å². The van der Waals surface area contributed by atoms with Crippen molar-refractivity contribution in [3.05, 3.63) is 66.8 Å². The Labute approximate surface area is 246 Å². The third kappa shape index (κ3) is 10.3. The molecule has 0 spiro atoms. The van der Waals surface area contributed by atoms with Gasteiger partial charge in [-0.2, -0.15) is 0 Å². The lowest BCUT2D eigenvalue weighted by Gasteiger charge is -2.31. The predicted molar refractivity (Wildman–Crippen MR) is 160 cm³/mol. The monoisotopic (exact) mass is 581 g/mol. The summed E-state index contributed by atoms with van der Waals surface area (Å²) in [6.45, 7) is 13.9. The topological polar surface area (TPSA) is 132 Å². The lowest BCUT2D eigenvalue weighted by atomic mass is 10.1. The molecule has 1 atom stereocenters. The van der Waals surface area contributed by atoms with E-state index in [2.05, 4.69) is 23.8 Å². The minimum Gasteiger partial charge on any atom is -0.497 e. The first-order valence-corrected chi connectivity index (χ1v) is 13.1. The van der Waals surface area contributed by atoms with Crippen molar-refractivity contribution in [1.29, 1.82) is 0 Å². The van der Waals surface area contributed by atoms with Gasteiger partial charge in [-0.3, -0.25) is 19.3 Å². The van der Waals surface area contributed by atoms with Crippen LogP contribution in [0, 0.1) is 0 Å². The van der Waals surface area contributed by atoms with Gasteiger partial charge >= 0.3 is 12.1 Å². The molecule has 226 valence electrons. The molecule has 2 aromatic rings. The highest BCUT2D eigenvalue weighted by atomic mass is 16.6. The van der Waals surface area contributed by atoms with E-state index in [-0.39, 0.29) is 30.5 Å². The summed E-state index contributed by atoms with van der Waals surface area (Å²) in [4.78, 5) is 51.9. The summed E-state index contributed by atoms with van der Waals surface area (Å²) in [5, 5.41) is 5.41. The van der Waals surface area contributed by atoms with Crippen molar-refractivity contribution in [2.45, 2.75) is 52.4 Å².